The lowest BCUT2D eigenvalue weighted by atomic mass is 9.84. The minimum atomic E-state index is -4.48. The number of hydrogen-bond acceptors (Lipinski definition) is 2. The number of amides is 1. The first-order chi connectivity index (χ1) is 9.46. The summed E-state index contributed by atoms with van der Waals surface area (Å²) in [5, 5.41) is 5.18. The van der Waals surface area contributed by atoms with E-state index in [-0.39, 0.29) is 19.5 Å². The highest BCUT2D eigenvalue weighted by atomic mass is 19.4. The highest BCUT2D eigenvalue weighted by Gasteiger charge is 2.61. The number of halogens is 3. The Balaban J connectivity index is 1.83. The highest BCUT2D eigenvalue weighted by Crippen LogP contribution is 2.43. The molecule has 0 bridgehead atoms. The zero-order valence-electron chi connectivity index (χ0n) is 11.7. The van der Waals surface area contributed by atoms with Crippen molar-refractivity contribution in [1.29, 1.82) is 0 Å². The summed E-state index contributed by atoms with van der Waals surface area (Å²) in [4.78, 5) is 12.0. The second kappa shape index (κ2) is 6.33. The first-order valence-electron chi connectivity index (χ1n) is 7.51. The van der Waals surface area contributed by atoms with Crippen molar-refractivity contribution in [3.05, 3.63) is 0 Å². The van der Waals surface area contributed by atoms with Crippen molar-refractivity contribution in [2.24, 2.45) is 11.3 Å². The van der Waals surface area contributed by atoms with E-state index in [4.69, 9.17) is 0 Å². The monoisotopic (exact) mass is 292 g/mol. The van der Waals surface area contributed by atoms with E-state index in [2.05, 4.69) is 10.6 Å². The van der Waals surface area contributed by atoms with Crippen LogP contribution >= 0.6 is 0 Å². The smallest absolute Gasteiger partial charge is 0.355 e. The molecule has 0 spiro atoms. The zero-order valence-corrected chi connectivity index (χ0v) is 11.7. The summed E-state index contributed by atoms with van der Waals surface area (Å²) in [6.45, 7) is 0.308. The summed E-state index contributed by atoms with van der Waals surface area (Å²) in [5.74, 6) is -0.293. The van der Waals surface area contributed by atoms with Crippen LogP contribution in [0.4, 0.5) is 13.2 Å². The standard InChI is InChI=1S/C14H23F3N2O/c15-14(16,17)13(7-9-18-10-13)12(20)19-8-6-11-4-2-1-3-5-11/h11,18H,1-10H2,(H,19,20). The van der Waals surface area contributed by atoms with Crippen molar-refractivity contribution in [2.45, 2.75) is 51.1 Å². The third-order valence-corrected chi connectivity index (χ3v) is 4.70. The maximum atomic E-state index is 13.1. The predicted octanol–water partition coefficient (Wildman–Crippen LogP) is 2.62. The number of hydrogen-bond donors (Lipinski definition) is 2. The van der Waals surface area contributed by atoms with E-state index < -0.39 is 17.5 Å². The number of alkyl halides is 3. The molecule has 1 saturated carbocycles. The SMILES string of the molecule is O=C(NCCC1CCCCC1)C1(C(F)(F)F)CCNC1. The number of carbonyl (C=O) groups excluding carboxylic acids is 1. The summed E-state index contributed by atoms with van der Waals surface area (Å²) in [7, 11) is 0. The summed E-state index contributed by atoms with van der Waals surface area (Å²) in [6.07, 6.45) is 2.10. The van der Waals surface area contributed by atoms with E-state index in [9.17, 15) is 18.0 Å². The molecule has 0 aromatic carbocycles. The summed E-state index contributed by atoms with van der Waals surface area (Å²) < 4.78 is 39.4. The van der Waals surface area contributed by atoms with E-state index in [1.165, 1.54) is 19.3 Å². The van der Waals surface area contributed by atoms with Crippen LogP contribution in [0.5, 0.6) is 0 Å². The molecule has 1 amide bonds. The van der Waals surface area contributed by atoms with E-state index in [1.54, 1.807) is 0 Å². The maximum absolute atomic E-state index is 13.1. The lowest BCUT2D eigenvalue weighted by Gasteiger charge is -2.30. The average Bonchev–Trinajstić information content (AvgIpc) is 2.90. The molecule has 6 heteroatoms. The normalized spacial score (nSPS) is 28.6. The Morgan fingerprint density at radius 1 is 1.25 bits per heavy atom. The Kier molecular flexibility index (Phi) is 4.94. The minimum absolute atomic E-state index is 0.161. The van der Waals surface area contributed by atoms with Gasteiger partial charge in [0.1, 0.15) is 0 Å². The topological polar surface area (TPSA) is 41.1 Å². The first kappa shape index (κ1) is 15.6. The first-order valence-corrected chi connectivity index (χ1v) is 7.51. The molecule has 1 unspecified atom stereocenters. The van der Waals surface area contributed by atoms with Crippen LogP contribution in [0.15, 0.2) is 0 Å². The molecule has 1 saturated heterocycles. The second-order valence-corrected chi connectivity index (χ2v) is 6.06. The molecule has 2 fully saturated rings. The van der Waals surface area contributed by atoms with Crippen molar-refractivity contribution in [1.82, 2.24) is 10.6 Å². The van der Waals surface area contributed by atoms with Gasteiger partial charge >= 0.3 is 6.18 Å². The van der Waals surface area contributed by atoms with Gasteiger partial charge in [0.15, 0.2) is 5.41 Å². The van der Waals surface area contributed by atoms with E-state index in [1.807, 2.05) is 0 Å². The van der Waals surface area contributed by atoms with Gasteiger partial charge in [-0.25, -0.2) is 0 Å². The average molecular weight is 292 g/mol. The number of nitrogens with one attached hydrogen (secondary N) is 2. The molecule has 0 radical (unpaired) electrons. The summed E-state index contributed by atoms with van der Waals surface area (Å²) >= 11 is 0. The molecule has 2 N–H and O–H groups in total. The molecule has 3 nitrogen and oxygen atoms in total. The van der Waals surface area contributed by atoms with Gasteiger partial charge < -0.3 is 10.6 Å². The van der Waals surface area contributed by atoms with Crippen molar-refractivity contribution in [3.8, 4) is 0 Å². The van der Waals surface area contributed by atoms with Crippen LogP contribution in [-0.4, -0.2) is 31.7 Å². The number of rotatable bonds is 4. The molecule has 116 valence electrons. The van der Waals surface area contributed by atoms with Crippen LogP contribution < -0.4 is 10.6 Å². The third-order valence-electron chi connectivity index (χ3n) is 4.70. The molecular weight excluding hydrogens is 269 g/mol. The maximum Gasteiger partial charge on any atom is 0.404 e. The lowest BCUT2D eigenvalue weighted by molar-refractivity contribution is -0.216. The predicted molar refractivity (Wildman–Crippen MR) is 70.2 cm³/mol. The molecule has 0 aromatic heterocycles. The van der Waals surface area contributed by atoms with Crippen molar-refractivity contribution >= 4 is 5.91 Å². The molecular formula is C14H23F3N2O. The van der Waals surface area contributed by atoms with Gasteiger partial charge in [-0.05, 0) is 25.3 Å². The fraction of sp³-hybridized carbons (Fsp3) is 0.929. The molecule has 1 atom stereocenters. The van der Waals surface area contributed by atoms with E-state index >= 15 is 0 Å². The molecule has 0 aromatic rings. The Morgan fingerprint density at radius 2 is 1.95 bits per heavy atom. The summed E-state index contributed by atoms with van der Waals surface area (Å²) in [5.41, 5.74) is -2.22. The van der Waals surface area contributed by atoms with Gasteiger partial charge in [-0.3, -0.25) is 4.79 Å². The Morgan fingerprint density at radius 3 is 2.50 bits per heavy atom. The van der Waals surface area contributed by atoms with Gasteiger partial charge in [-0.15, -0.1) is 0 Å². The van der Waals surface area contributed by atoms with Crippen LogP contribution in [0, 0.1) is 11.3 Å². The van der Waals surface area contributed by atoms with Crippen LogP contribution in [-0.2, 0) is 4.79 Å². The Bertz CT molecular complexity index is 332. The van der Waals surface area contributed by atoms with Gasteiger partial charge in [-0.1, -0.05) is 32.1 Å². The van der Waals surface area contributed by atoms with E-state index in [0.717, 1.165) is 19.3 Å². The second-order valence-electron chi connectivity index (χ2n) is 6.06. The Hall–Kier alpha value is -0.780. The third kappa shape index (κ3) is 3.27. The van der Waals surface area contributed by atoms with Crippen LogP contribution in [0.1, 0.15) is 44.9 Å². The fourth-order valence-corrected chi connectivity index (χ4v) is 3.29. The molecule has 20 heavy (non-hydrogen) atoms. The van der Waals surface area contributed by atoms with Gasteiger partial charge in [0, 0.05) is 13.1 Å². The molecule has 1 aliphatic heterocycles. The minimum Gasteiger partial charge on any atom is -0.355 e. The Labute approximate surface area is 117 Å². The molecule has 1 heterocycles. The zero-order chi connectivity index (χ0) is 14.6. The fourth-order valence-electron chi connectivity index (χ4n) is 3.29. The van der Waals surface area contributed by atoms with Gasteiger partial charge in [0.05, 0.1) is 0 Å². The van der Waals surface area contributed by atoms with Crippen LogP contribution in [0.3, 0.4) is 0 Å². The highest BCUT2D eigenvalue weighted by molar-refractivity contribution is 5.84. The summed E-state index contributed by atoms with van der Waals surface area (Å²) in [6, 6.07) is 0. The number of carbonyl (C=O) groups is 1. The quantitative estimate of drug-likeness (QED) is 0.836. The van der Waals surface area contributed by atoms with Crippen molar-refractivity contribution in [2.75, 3.05) is 19.6 Å². The largest absolute Gasteiger partial charge is 0.404 e. The molecule has 1 aliphatic carbocycles. The van der Waals surface area contributed by atoms with Crippen molar-refractivity contribution < 1.29 is 18.0 Å². The molecule has 2 rings (SSSR count). The van der Waals surface area contributed by atoms with E-state index in [0.29, 0.717) is 12.5 Å². The van der Waals surface area contributed by atoms with Gasteiger partial charge in [0.2, 0.25) is 5.91 Å². The van der Waals surface area contributed by atoms with Gasteiger partial charge in [0.25, 0.3) is 0 Å². The van der Waals surface area contributed by atoms with Gasteiger partial charge in [-0.2, -0.15) is 13.2 Å². The van der Waals surface area contributed by atoms with Crippen LogP contribution in [0.2, 0.25) is 0 Å². The lowest BCUT2D eigenvalue weighted by Crippen LogP contribution is -2.52. The molecule has 2 aliphatic rings. The van der Waals surface area contributed by atoms with Crippen molar-refractivity contribution in [3.63, 3.8) is 0 Å². The van der Waals surface area contributed by atoms with Crippen LogP contribution in [0.25, 0.3) is 0 Å².